The Morgan fingerprint density at radius 3 is 2.52 bits per heavy atom. The van der Waals surface area contributed by atoms with E-state index in [4.69, 9.17) is 5.10 Å². The second-order valence-corrected chi connectivity index (χ2v) is 7.91. The van der Waals surface area contributed by atoms with Gasteiger partial charge in [0, 0.05) is 48.8 Å². The minimum Gasteiger partial charge on any atom is -0.310 e. The third-order valence-corrected chi connectivity index (χ3v) is 5.43. The maximum absolute atomic E-state index is 4.89. The summed E-state index contributed by atoms with van der Waals surface area (Å²) in [4.78, 5) is 6.65. The topological polar surface area (TPSA) is 46.0 Å². The quantitative estimate of drug-likeness (QED) is 0.621. The van der Waals surface area contributed by atoms with Gasteiger partial charge in [0.1, 0.15) is 0 Å². The number of hydrogen-bond donors (Lipinski definition) is 1. The van der Waals surface area contributed by atoms with Gasteiger partial charge in [-0.2, -0.15) is 5.10 Å². The molecule has 2 aromatic heterocycles. The van der Waals surface area contributed by atoms with Crippen LogP contribution in [-0.4, -0.2) is 45.3 Å². The molecule has 0 unspecified atom stereocenters. The van der Waals surface area contributed by atoms with Gasteiger partial charge in [0.25, 0.3) is 0 Å². The lowest BCUT2D eigenvalue weighted by Gasteiger charge is -2.32. The van der Waals surface area contributed by atoms with Crippen molar-refractivity contribution in [3.8, 4) is 16.9 Å². The SMILES string of the molecule is C=C(C)CN1CCC(NCc2cn(-c3ccccc3)nc2-c2ccncc2)CC1. The largest absolute Gasteiger partial charge is 0.310 e. The van der Waals surface area contributed by atoms with Crippen molar-refractivity contribution < 1.29 is 0 Å². The summed E-state index contributed by atoms with van der Waals surface area (Å²) in [5, 5.41) is 8.66. The van der Waals surface area contributed by atoms with Gasteiger partial charge >= 0.3 is 0 Å². The van der Waals surface area contributed by atoms with Crippen LogP contribution in [-0.2, 0) is 6.54 Å². The van der Waals surface area contributed by atoms with E-state index in [0.29, 0.717) is 6.04 Å². The van der Waals surface area contributed by atoms with Crippen LogP contribution >= 0.6 is 0 Å². The molecule has 1 aromatic carbocycles. The lowest BCUT2D eigenvalue weighted by molar-refractivity contribution is 0.211. The van der Waals surface area contributed by atoms with Gasteiger partial charge in [-0.15, -0.1) is 0 Å². The molecule has 0 radical (unpaired) electrons. The number of para-hydroxylation sites is 1. The van der Waals surface area contributed by atoms with Gasteiger partial charge in [0.05, 0.1) is 11.4 Å². The second-order valence-electron chi connectivity index (χ2n) is 7.91. The van der Waals surface area contributed by atoms with Crippen LogP contribution in [0.5, 0.6) is 0 Å². The van der Waals surface area contributed by atoms with Crippen LogP contribution in [0.15, 0.2) is 73.2 Å². The van der Waals surface area contributed by atoms with Crippen LogP contribution in [0.25, 0.3) is 16.9 Å². The second kappa shape index (κ2) is 9.16. The molecule has 0 amide bonds. The van der Waals surface area contributed by atoms with E-state index in [1.165, 1.54) is 24.0 Å². The Morgan fingerprint density at radius 2 is 1.83 bits per heavy atom. The van der Waals surface area contributed by atoms with Crippen molar-refractivity contribution in [1.82, 2.24) is 25.0 Å². The molecule has 1 fully saturated rings. The van der Waals surface area contributed by atoms with E-state index in [0.717, 1.165) is 43.1 Å². The Kier molecular flexibility index (Phi) is 6.17. The molecule has 0 saturated carbocycles. The Bertz CT molecular complexity index is 924. The maximum Gasteiger partial charge on any atom is 0.0973 e. The highest BCUT2D eigenvalue weighted by Gasteiger charge is 2.20. The number of rotatable bonds is 7. The van der Waals surface area contributed by atoms with E-state index in [2.05, 4.69) is 47.0 Å². The maximum atomic E-state index is 4.89. The standard InChI is InChI=1S/C24H29N5/c1-19(2)17-28-14-10-22(11-15-28)26-16-21-18-29(23-6-4-3-5-7-23)27-24(21)20-8-12-25-13-9-20/h3-9,12-13,18,22,26H,1,10-11,14-17H2,2H3. The summed E-state index contributed by atoms with van der Waals surface area (Å²) in [7, 11) is 0. The number of hydrogen-bond acceptors (Lipinski definition) is 4. The molecule has 0 atom stereocenters. The Morgan fingerprint density at radius 1 is 1.10 bits per heavy atom. The van der Waals surface area contributed by atoms with Crippen molar-refractivity contribution in [1.29, 1.82) is 0 Å². The average Bonchev–Trinajstić information content (AvgIpc) is 3.18. The molecule has 1 N–H and O–H groups in total. The fourth-order valence-electron chi connectivity index (χ4n) is 3.94. The van der Waals surface area contributed by atoms with Crippen molar-refractivity contribution in [2.45, 2.75) is 32.4 Å². The van der Waals surface area contributed by atoms with Crippen molar-refractivity contribution in [3.05, 3.63) is 78.8 Å². The Labute approximate surface area is 173 Å². The van der Waals surface area contributed by atoms with E-state index in [1.807, 2.05) is 47.4 Å². The third kappa shape index (κ3) is 5.00. The molecule has 5 nitrogen and oxygen atoms in total. The molecule has 1 aliphatic rings. The molecule has 5 heteroatoms. The molecule has 0 aliphatic carbocycles. The number of piperidine rings is 1. The van der Waals surface area contributed by atoms with Crippen molar-refractivity contribution in [2.24, 2.45) is 0 Å². The number of nitrogens with one attached hydrogen (secondary N) is 1. The van der Waals surface area contributed by atoms with Crippen LogP contribution in [0.3, 0.4) is 0 Å². The van der Waals surface area contributed by atoms with E-state index < -0.39 is 0 Å². The molecule has 0 bridgehead atoms. The zero-order valence-corrected chi connectivity index (χ0v) is 17.1. The fourth-order valence-corrected chi connectivity index (χ4v) is 3.94. The third-order valence-electron chi connectivity index (χ3n) is 5.43. The summed E-state index contributed by atoms with van der Waals surface area (Å²) in [6.45, 7) is 10.2. The fraction of sp³-hybridized carbons (Fsp3) is 0.333. The van der Waals surface area contributed by atoms with E-state index in [-0.39, 0.29) is 0 Å². The van der Waals surface area contributed by atoms with Crippen LogP contribution < -0.4 is 5.32 Å². The number of aromatic nitrogens is 3. The predicted molar refractivity (Wildman–Crippen MR) is 118 cm³/mol. The van der Waals surface area contributed by atoms with Crippen molar-refractivity contribution in [2.75, 3.05) is 19.6 Å². The van der Waals surface area contributed by atoms with Gasteiger partial charge < -0.3 is 5.32 Å². The van der Waals surface area contributed by atoms with Crippen molar-refractivity contribution >= 4 is 0 Å². The lowest BCUT2D eigenvalue weighted by Crippen LogP contribution is -2.42. The number of pyridine rings is 1. The molecule has 1 saturated heterocycles. The van der Waals surface area contributed by atoms with Gasteiger partial charge in [-0.1, -0.05) is 30.4 Å². The first-order valence-corrected chi connectivity index (χ1v) is 10.3. The molecule has 4 rings (SSSR count). The van der Waals surface area contributed by atoms with Gasteiger partial charge in [0.2, 0.25) is 0 Å². The summed E-state index contributed by atoms with van der Waals surface area (Å²) >= 11 is 0. The minimum atomic E-state index is 0.543. The summed E-state index contributed by atoms with van der Waals surface area (Å²) < 4.78 is 1.97. The summed E-state index contributed by atoms with van der Waals surface area (Å²) in [6.07, 6.45) is 8.14. The van der Waals surface area contributed by atoms with Crippen LogP contribution in [0.2, 0.25) is 0 Å². The highest BCUT2D eigenvalue weighted by molar-refractivity contribution is 5.62. The van der Waals surface area contributed by atoms with Crippen molar-refractivity contribution in [3.63, 3.8) is 0 Å². The minimum absolute atomic E-state index is 0.543. The molecule has 150 valence electrons. The zero-order chi connectivity index (χ0) is 20.1. The molecule has 1 aliphatic heterocycles. The summed E-state index contributed by atoms with van der Waals surface area (Å²) in [5.41, 5.74) is 5.64. The predicted octanol–water partition coefficient (Wildman–Crippen LogP) is 4.06. The molecule has 29 heavy (non-hydrogen) atoms. The lowest BCUT2D eigenvalue weighted by atomic mass is 10.0. The Balaban J connectivity index is 1.48. The smallest absolute Gasteiger partial charge is 0.0973 e. The van der Waals surface area contributed by atoms with Gasteiger partial charge in [-0.3, -0.25) is 9.88 Å². The zero-order valence-electron chi connectivity index (χ0n) is 17.1. The number of benzene rings is 1. The average molecular weight is 388 g/mol. The van der Waals surface area contributed by atoms with Gasteiger partial charge in [-0.25, -0.2) is 4.68 Å². The number of nitrogens with zero attached hydrogens (tertiary/aromatic N) is 4. The van der Waals surface area contributed by atoms with Gasteiger partial charge in [-0.05, 0) is 57.1 Å². The molecular weight excluding hydrogens is 358 g/mol. The highest BCUT2D eigenvalue weighted by atomic mass is 15.3. The first-order valence-electron chi connectivity index (χ1n) is 10.3. The monoisotopic (exact) mass is 387 g/mol. The van der Waals surface area contributed by atoms with Gasteiger partial charge in [0.15, 0.2) is 0 Å². The summed E-state index contributed by atoms with van der Waals surface area (Å²) in [5.74, 6) is 0. The van der Waals surface area contributed by atoms with E-state index >= 15 is 0 Å². The molecule has 0 spiro atoms. The molecule has 3 aromatic rings. The van der Waals surface area contributed by atoms with Crippen LogP contribution in [0, 0.1) is 0 Å². The Hall–Kier alpha value is -2.76. The number of likely N-dealkylation sites (tertiary alicyclic amines) is 1. The first kappa shape index (κ1) is 19.6. The summed E-state index contributed by atoms with van der Waals surface area (Å²) in [6, 6.07) is 14.9. The highest BCUT2D eigenvalue weighted by Crippen LogP contribution is 2.24. The van der Waals surface area contributed by atoms with Crippen LogP contribution in [0.4, 0.5) is 0 Å². The normalized spacial score (nSPS) is 15.5. The first-order chi connectivity index (χ1) is 14.2. The van der Waals surface area contributed by atoms with E-state index in [1.54, 1.807) is 0 Å². The van der Waals surface area contributed by atoms with Crippen LogP contribution in [0.1, 0.15) is 25.3 Å². The van der Waals surface area contributed by atoms with E-state index in [9.17, 15) is 0 Å². The molecular formula is C24H29N5. The molecule has 3 heterocycles.